The van der Waals surface area contributed by atoms with Gasteiger partial charge in [-0.3, -0.25) is 0 Å². The van der Waals surface area contributed by atoms with Gasteiger partial charge in [0, 0.05) is 23.9 Å². The summed E-state index contributed by atoms with van der Waals surface area (Å²) >= 11 is 0. The maximum absolute atomic E-state index is 13.7. The lowest BCUT2D eigenvalue weighted by molar-refractivity contribution is 0.138. The molecule has 4 nitrogen and oxygen atoms in total. The van der Waals surface area contributed by atoms with Gasteiger partial charge in [0.25, 0.3) is 0 Å². The van der Waals surface area contributed by atoms with Crippen LogP contribution in [0, 0.1) is 31.3 Å². The monoisotopic (exact) mass is 388 g/mol. The number of carbonyl (C=O) groups is 1. The maximum atomic E-state index is 13.7. The van der Waals surface area contributed by atoms with Gasteiger partial charge in [-0.05, 0) is 42.7 Å². The van der Waals surface area contributed by atoms with Crippen LogP contribution in [0.2, 0.25) is 0 Å². The number of nitrogens with zero attached hydrogens (tertiary/aromatic N) is 2. The lowest BCUT2D eigenvalue weighted by Crippen LogP contribution is -2.18. The molecule has 0 N–H and O–H groups in total. The first-order valence-electron chi connectivity index (χ1n) is 8.70. The number of aromatic nitrogens is 2. The number of benzene rings is 2. The lowest BCUT2D eigenvalue weighted by atomic mass is 9.93. The Bertz CT molecular complexity index is 1030. The van der Waals surface area contributed by atoms with Crippen molar-refractivity contribution in [3.63, 3.8) is 0 Å². The fourth-order valence-corrected chi connectivity index (χ4v) is 3.06. The lowest BCUT2D eigenvalue weighted by Gasteiger charge is -2.17. The van der Waals surface area contributed by atoms with Crippen molar-refractivity contribution in [2.24, 2.45) is 0 Å². The molecule has 2 aromatic carbocycles. The fraction of sp³-hybridized carbons (Fsp3) is 0.238. The topological polar surface area (TPSA) is 44.1 Å². The summed E-state index contributed by atoms with van der Waals surface area (Å²) in [5.74, 6) is -4.00. The summed E-state index contributed by atoms with van der Waals surface area (Å²) in [6, 6.07) is 7.73. The summed E-state index contributed by atoms with van der Waals surface area (Å²) in [5, 5.41) is 0. The molecule has 0 fully saturated rings. The zero-order valence-corrected chi connectivity index (χ0v) is 15.7. The number of hydrogen-bond acceptors (Lipinski definition) is 3. The SMILES string of the molecule is Cc1cccc([C@H](C)c2nccn2C(=O)OCc2ccc(F)c(F)c2F)c1C. The quantitative estimate of drug-likeness (QED) is 0.573. The molecule has 0 aliphatic heterocycles. The van der Waals surface area contributed by atoms with Gasteiger partial charge in [-0.15, -0.1) is 0 Å². The van der Waals surface area contributed by atoms with Gasteiger partial charge in [-0.2, -0.15) is 0 Å². The summed E-state index contributed by atoms with van der Waals surface area (Å²) in [6.45, 7) is 5.39. The third kappa shape index (κ3) is 3.65. The van der Waals surface area contributed by atoms with E-state index in [-0.39, 0.29) is 11.5 Å². The maximum Gasteiger partial charge on any atom is 0.419 e. The second-order valence-electron chi connectivity index (χ2n) is 6.56. The Hall–Kier alpha value is -3.09. The molecular formula is C21H19F3N2O2. The Balaban J connectivity index is 1.81. The van der Waals surface area contributed by atoms with E-state index in [1.807, 2.05) is 39.0 Å². The molecule has 28 heavy (non-hydrogen) atoms. The van der Waals surface area contributed by atoms with Gasteiger partial charge in [-0.25, -0.2) is 27.5 Å². The predicted molar refractivity (Wildman–Crippen MR) is 97.6 cm³/mol. The summed E-state index contributed by atoms with van der Waals surface area (Å²) < 4.78 is 46.4. The molecule has 3 rings (SSSR count). The van der Waals surface area contributed by atoms with Crippen molar-refractivity contribution in [2.75, 3.05) is 0 Å². The summed E-state index contributed by atoms with van der Waals surface area (Å²) in [7, 11) is 0. The molecular weight excluding hydrogens is 369 g/mol. The van der Waals surface area contributed by atoms with E-state index in [0.717, 1.165) is 28.8 Å². The number of carbonyl (C=O) groups excluding carboxylic acids is 1. The number of ether oxygens (including phenoxy) is 1. The van der Waals surface area contributed by atoms with E-state index in [0.29, 0.717) is 5.82 Å². The highest BCUT2D eigenvalue weighted by molar-refractivity contribution is 5.71. The smallest absolute Gasteiger partial charge is 0.419 e. The molecule has 1 aromatic heterocycles. The molecule has 0 radical (unpaired) electrons. The van der Waals surface area contributed by atoms with Crippen molar-refractivity contribution < 1.29 is 22.7 Å². The second-order valence-corrected chi connectivity index (χ2v) is 6.56. The minimum Gasteiger partial charge on any atom is -0.444 e. The van der Waals surface area contributed by atoms with Crippen LogP contribution in [0.25, 0.3) is 0 Å². The minimum atomic E-state index is -1.60. The second kappa shape index (κ2) is 7.88. The minimum absolute atomic E-state index is 0.192. The third-order valence-corrected chi connectivity index (χ3v) is 4.83. The Morgan fingerprint density at radius 3 is 2.64 bits per heavy atom. The molecule has 3 aromatic rings. The number of imidazole rings is 1. The molecule has 0 amide bonds. The van der Waals surface area contributed by atoms with Gasteiger partial charge < -0.3 is 4.74 Å². The number of aryl methyl sites for hydroxylation is 1. The van der Waals surface area contributed by atoms with E-state index in [1.54, 1.807) is 0 Å². The van der Waals surface area contributed by atoms with Crippen molar-refractivity contribution >= 4 is 6.09 Å². The van der Waals surface area contributed by atoms with Crippen LogP contribution in [0.4, 0.5) is 18.0 Å². The predicted octanol–water partition coefficient (Wildman–Crippen LogP) is 5.25. The van der Waals surface area contributed by atoms with Gasteiger partial charge >= 0.3 is 6.09 Å². The van der Waals surface area contributed by atoms with Gasteiger partial charge in [0.1, 0.15) is 12.4 Å². The van der Waals surface area contributed by atoms with Crippen LogP contribution in [0.15, 0.2) is 42.7 Å². The van der Waals surface area contributed by atoms with Crippen LogP contribution >= 0.6 is 0 Å². The van der Waals surface area contributed by atoms with E-state index in [4.69, 9.17) is 4.74 Å². The highest BCUT2D eigenvalue weighted by Gasteiger charge is 2.21. The van der Waals surface area contributed by atoms with Crippen LogP contribution in [-0.4, -0.2) is 15.6 Å². The zero-order valence-electron chi connectivity index (χ0n) is 15.7. The van der Waals surface area contributed by atoms with Crippen molar-refractivity contribution in [3.05, 3.63) is 88.3 Å². The van der Waals surface area contributed by atoms with Crippen molar-refractivity contribution in [1.29, 1.82) is 0 Å². The Labute approximate surface area is 160 Å². The molecule has 1 heterocycles. The summed E-state index contributed by atoms with van der Waals surface area (Å²) in [5.41, 5.74) is 2.99. The van der Waals surface area contributed by atoms with E-state index in [1.165, 1.54) is 17.0 Å². The van der Waals surface area contributed by atoms with Crippen LogP contribution in [0.3, 0.4) is 0 Å². The molecule has 0 aliphatic rings. The van der Waals surface area contributed by atoms with Gasteiger partial charge in [0.15, 0.2) is 17.5 Å². The molecule has 0 aliphatic carbocycles. The van der Waals surface area contributed by atoms with Crippen LogP contribution < -0.4 is 0 Å². The molecule has 0 unspecified atom stereocenters. The molecule has 0 saturated carbocycles. The summed E-state index contributed by atoms with van der Waals surface area (Å²) in [6.07, 6.45) is 2.13. The Morgan fingerprint density at radius 2 is 1.89 bits per heavy atom. The first kappa shape index (κ1) is 19.7. The normalized spacial score (nSPS) is 12.1. The summed E-state index contributed by atoms with van der Waals surface area (Å²) in [4.78, 5) is 16.7. The number of hydrogen-bond donors (Lipinski definition) is 0. The Kier molecular flexibility index (Phi) is 5.53. The molecule has 7 heteroatoms. The van der Waals surface area contributed by atoms with E-state index >= 15 is 0 Å². The highest BCUT2D eigenvalue weighted by atomic mass is 19.2. The molecule has 0 spiro atoms. The fourth-order valence-electron chi connectivity index (χ4n) is 3.06. The molecule has 0 bridgehead atoms. The van der Waals surface area contributed by atoms with Gasteiger partial charge in [0.2, 0.25) is 0 Å². The van der Waals surface area contributed by atoms with Gasteiger partial charge in [-0.1, -0.05) is 25.1 Å². The first-order valence-corrected chi connectivity index (χ1v) is 8.70. The molecule has 0 saturated heterocycles. The standard InChI is InChI=1S/C21H19F3N2O2/c1-12-5-4-6-16(13(12)2)14(3)20-25-9-10-26(20)21(27)28-11-15-7-8-17(22)19(24)18(15)23/h4-10,14H,11H2,1-3H3/t14-/m0/s1. The van der Waals surface area contributed by atoms with Crippen LogP contribution in [-0.2, 0) is 11.3 Å². The third-order valence-electron chi connectivity index (χ3n) is 4.83. The molecule has 1 atom stereocenters. The Morgan fingerprint density at radius 1 is 1.14 bits per heavy atom. The zero-order chi connectivity index (χ0) is 20.4. The van der Waals surface area contributed by atoms with E-state index < -0.39 is 30.2 Å². The van der Waals surface area contributed by atoms with Crippen LogP contribution in [0.5, 0.6) is 0 Å². The molecule has 146 valence electrons. The average Bonchev–Trinajstić information content (AvgIpc) is 3.17. The highest BCUT2D eigenvalue weighted by Crippen LogP contribution is 2.27. The average molecular weight is 388 g/mol. The van der Waals surface area contributed by atoms with Crippen LogP contribution in [0.1, 0.15) is 40.9 Å². The number of rotatable bonds is 4. The number of halogens is 3. The van der Waals surface area contributed by atoms with Crippen molar-refractivity contribution in [3.8, 4) is 0 Å². The van der Waals surface area contributed by atoms with Gasteiger partial charge in [0.05, 0.1) is 0 Å². The van der Waals surface area contributed by atoms with E-state index in [2.05, 4.69) is 4.98 Å². The van der Waals surface area contributed by atoms with Crippen molar-refractivity contribution in [2.45, 2.75) is 33.3 Å². The van der Waals surface area contributed by atoms with E-state index in [9.17, 15) is 18.0 Å². The largest absolute Gasteiger partial charge is 0.444 e. The first-order chi connectivity index (χ1) is 13.3. The van der Waals surface area contributed by atoms with Crippen molar-refractivity contribution in [1.82, 2.24) is 9.55 Å².